The highest BCUT2D eigenvalue weighted by molar-refractivity contribution is 7.99. The lowest BCUT2D eigenvalue weighted by atomic mass is 10.1. The number of benzene rings is 1. The molecule has 5 rings (SSSR count). The van der Waals surface area contributed by atoms with Crippen LogP contribution < -0.4 is 15.1 Å². The number of thioether (sulfide) groups is 1. The third-order valence-electron chi connectivity index (χ3n) is 5.92. The lowest BCUT2D eigenvalue weighted by molar-refractivity contribution is 0.0317. The molecule has 0 atom stereocenters. The van der Waals surface area contributed by atoms with Gasteiger partial charge in [-0.3, -0.25) is 10.3 Å². The fourth-order valence-corrected chi connectivity index (χ4v) is 5.25. The number of aromatic nitrogens is 2. The Balaban J connectivity index is 1.33. The fraction of sp³-hybridized carbons (Fsp3) is 0.522. The Kier molecular flexibility index (Phi) is 8.02. The van der Waals surface area contributed by atoms with E-state index >= 15 is 0 Å². The molecule has 0 aliphatic carbocycles. The van der Waals surface area contributed by atoms with E-state index < -0.39 is 0 Å². The van der Waals surface area contributed by atoms with Crippen molar-refractivity contribution in [2.75, 3.05) is 81.8 Å². The van der Waals surface area contributed by atoms with E-state index in [1.54, 1.807) is 0 Å². The van der Waals surface area contributed by atoms with Crippen LogP contribution in [0.4, 0.5) is 11.6 Å². The van der Waals surface area contributed by atoms with Crippen molar-refractivity contribution >= 4 is 40.7 Å². The summed E-state index contributed by atoms with van der Waals surface area (Å²) in [5.74, 6) is 2.39. The van der Waals surface area contributed by atoms with Crippen LogP contribution in [-0.4, -0.2) is 92.1 Å². The number of hydrogen-bond donors (Lipinski definition) is 1. The van der Waals surface area contributed by atoms with Gasteiger partial charge in [-0.2, -0.15) is 15.1 Å². The van der Waals surface area contributed by atoms with Crippen molar-refractivity contribution < 1.29 is 14.2 Å². The van der Waals surface area contributed by atoms with Crippen LogP contribution in [0.5, 0.6) is 6.01 Å². The summed E-state index contributed by atoms with van der Waals surface area (Å²) in [5, 5.41) is 5.41. The molecule has 2 fully saturated rings. The van der Waals surface area contributed by atoms with Crippen LogP contribution in [0.2, 0.25) is 5.02 Å². The number of hydrazone groups is 1. The molecule has 11 heteroatoms. The van der Waals surface area contributed by atoms with Gasteiger partial charge in [-0.05, 0) is 18.2 Å². The number of fused-ring (bicyclic) bond motifs is 1. The topological polar surface area (TPSA) is 84.3 Å². The standard InChI is InChI=1S/C23H29ClN6O3S/c24-17-1-2-20-18(15-17)19(3-14-34-20)27-28-21-16-22(30-7-11-32-12-8-30)26-23(25-21)33-13-6-29-4-9-31-10-5-29/h1-2,15-16H,3-14H2,(H,25,26,28). The maximum Gasteiger partial charge on any atom is 0.320 e. The first-order valence-electron chi connectivity index (χ1n) is 11.6. The molecule has 0 amide bonds. The highest BCUT2D eigenvalue weighted by atomic mass is 35.5. The first kappa shape index (κ1) is 23.6. The van der Waals surface area contributed by atoms with Crippen LogP contribution in [0.25, 0.3) is 0 Å². The van der Waals surface area contributed by atoms with E-state index in [0.717, 1.165) is 75.2 Å². The van der Waals surface area contributed by atoms with Crippen molar-refractivity contribution in [2.24, 2.45) is 5.10 Å². The van der Waals surface area contributed by atoms with Gasteiger partial charge in [0, 0.05) is 66.4 Å². The minimum absolute atomic E-state index is 0.350. The normalized spacial score (nSPS) is 20.3. The van der Waals surface area contributed by atoms with E-state index in [2.05, 4.69) is 31.3 Å². The number of rotatable bonds is 7. The molecule has 4 heterocycles. The van der Waals surface area contributed by atoms with Crippen molar-refractivity contribution in [3.8, 4) is 6.01 Å². The van der Waals surface area contributed by atoms with Gasteiger partial charge in [0.25, 0.3) is 0 Å². The summed E-state index contributed by atoms with van der Waals surface area (Å²) in [6, 6.07) is 8.22. The first-order valence-corrected chi connectivity index (χ1v) is 13.0. The number of ether oxygens (including phenoxy) is 3. The Hall–Kier alpha value is -2.11. The molecule has 1 N–H and O–H groups in total. The molecule has 2 saturated heterocycles. The first-order chi connectivity index (χ1) is 16.7. The molecule has 0 bridgehead atoms. The molecule has 0 radical (unpaired) electrons. The fourth-order valence-electron chi connectivity index (χ4n) is 4.07. The monoisotopic (exact) mass is 504 g/mol. The molecular weight excluding hydrogens is 476 g/mol. The molecule has 0 saturated carbocycles. The summed E-state index contributed by atoms with van der Waals surface area (Å²) in [7, 11) is 0. The molecule has 182 valence electrons. The molecule has 0 unspecified atom stereocenters. The average Bonchev–Trinajstić information content (AvgIpc) is 2.88. The van der Waals surface area contributed by atoms with Gasteiger partial charge in [-0.15, -0.1) is 11.8 Å². The Bertz CT molecular complexity index is 1010. The van der Waals surface area contributed by atoms with Crippen LogP contribution >= 0.6 is 23.4 Å². The van der Waals surface area contributed by atoms with E-state index in [4.69, 9.17) is 30.9 Å². The summed E-state index contributed by atoms with van der Waals surface area (Å²) >= 11 is 8.07. The SMILES string of the molecule is Clc1ccc2c(c1)C(=NNc1cc(N3CCOCC3)nc(OCCN3CCOCC3)n1)CCS2. The van der Waals surface area contributed by atoms with E-state index in [0.29, 0.717) is 36.7 Å². The predicted molar refractivity (Wildman–Crippen MR) is 135 cm³/mol. The Labute approximate surface area is 208 Å². The summed E-state index contributed by atoms with van der Waals surface area (Å²) in [4.78, 5) is 15.0. The number of anilines is 2. The second-order valence-electron chi connectivity index (χ2n) is 8.21. The van der Waals surface area contributed by atoms with Gasteiger partial charge >= 0.3 is 6.01 Å². The Morgan fingerprint density at radius 2 is 1.85 bits per heavy atom. The molecule has 3 aliphatic heterocycles. The largest absolute Gasteiger partial charge is 0.462 e. The van der Waals surface area contributed by atoms with Crippen molar-refractivity contribution in [1.29, 1.82) is 0 Å². The number of nitrogens with zero attached hydrogens (tertiary/aromatic N) is 5. The quantitative estimate of drug-likeness (QED) is 0.572. The molecule has 1 aromatic carbocycles. The number of hydrogen-bond acceptors (Lipinski definition) is 10. The van der Waals surface area contributed by atoms with E-state index in [1.165, 1.54) is 4.90 Å². The van der Waals surface area contributed by atoms with Gasteiger partial charge in [-0.25, -0.2) is 0 Å². The molecule has 0 spiro atoms. The minimum Gasteiger partial charge on any atom is -0.462 e. The third kappa shape index (κ3) is 6.11. The number of halogens is 1. The highest BCUT2D eigenvalue weighted by Gasteiger charge is 2.19. The third-order valence-corrected chi connectivity index (χ3v) is 7.23. The van der Waals surface area contributed by atoms with Crippen molar-refractivity contribution in [2.45, 2.75) is 11.3 Å². The number of morpholine rings is 2. The van der Waals surface area contributed by atoms with Crippen LogP contribution in [0.15, 0.2) is 34.3 Å². The maximum absolute atomic E-state index is 6.24. The van der Waals surface area contributed by atoms with Gasteiger partial charge in [0.15, 0.2) is 5.82 Å². The highest BCUT2D eigenvalue weighted by Crippen LogP contribution is 2.32. The van der Waals surface area contributed by atoms with Gasteiger partial charge in [0.05, 0.1) is 32.1 Å². The van der Waals surface area contributed by atoms with Gasteiger partial charge < -0.3 is 19.1 Å². The van der Waals surface area contributed by atoms with E-state index in [1.807, 2.05) is 30.0 Å². The van der Waals surface area contributed by atoms with Crippen LogP contribution in [0.1, 0.15) is 12.0 Å². The predicted octanol–water partition coefficient (Wildman–Crippen LogP) is 2.99. The smallest absolute Gasteiger partial charge is 0.320 e. The van der Waals surface area contributed by atoms with E-state index in [-0.39, 0.29) is 0 Å². The summed E-state index contributed by atoms with van der Waals surface area (Å²) in [6.45, 7) is 7.63. The van der Waals surface area contributed by atoms with Crippen molar-refractivity contribution in [1.82, 2.24) is 14.9 Å². The molecule has 1 aromatic heterocycles. The molecular formula is C23H29ClN6O3S. The van der Waals surface area contributed by atoms with Crippen molar-refractivity contribution in [3.05, 3.63) is 34.9 Å². The zero-order valence-electron chi connectivity index (χ0n) is 19.0. The zero-order valence-corrected chi connectivity index (χ0v) is 20.6. The minimum atomic E-state index is 0.350. The Morgan fingerprint density at radius 1 is 1.06 bits per heavy atom. The van der Waals surface area contributed by atoms with Crippen LogP contribution in [-0.2, 0) is 9.47 Å². The second kappa shape index (κ2) is 11.5. The number of nitrogens with one attached hydrogen (secondary N) is 1. The summed E-state index contributed by atoms with van der Waals surface area (Å²) < 4.78 is 16.9. The van der Waals surface area contributed by atoms with Gasteiger partial charge in [0.2, 0.25) is 0 Å². The Morgan fingerprint density at radius 3 is 2.68 bits per heavy atom. The molecule has 9 nitrogen and oxygen atoms in total. The van der Waals surface area contributed by atoms with Gasteiger partial charge in [0.1, 0.15) is 12.4 Å². The van der Waals surface area contributed by atoms with Crippen LogP contribution in [0.3, 0.4) is 0 Å². The summed E-state index contributed by atoms with van der Waals surface area (Å²) in [6.07, 6.45) is 0.856. The van der Waals surface area contributed by atoms with Crippen molar-refractivity contribution in [3.63, 3.8) is 0 Å². The van der Waals surface area contributed by atoms with E-state index in [9.17, 15) is 0 Å². The average molecular weight is 505 g/mol. The molecule has 2 aromatic rings. The lowest BCUT2D eigenvalue weighted by Crippen LogP contribution is -2.39. The second-order valence-corrected chi connectivity index (χ2v) is 9.78. The molecule has 34 heavy (non-hydrogen) atoms. The zero-order chi connectivity index (χ0) is 23.2. The summed E-state index contributed by atoms with van der Waals surface area (Å²) in [5.41, 5.74) is 5.19. The van der Waals surface area contributed by atoms with Crippen LogP contribution in [0, 0.1) is 0 Å². The maximum atomic E-state index is 6.24. The van der Waals surface area contributed by atoms with Gasteiger partial charge in [-0.1, -0.05) is 11.6 Å². The molecule has 3 aliphatic rings. The lowest BCUT2D eigenvalue weighted by Gasteiger charge is -2.28.